The zero-order valence-corrected chi connectivity index (χ0v) is 17.8. The number of nitrogens with one attached hydrogen (secondary N) is 2. The van der Waals surface area contributed by atoms with Crippen LogP contribution < -0.4 is 10.6 Å². The third-order valence-corrected chi connectivity index (χ3v) is 6.32. The van der Waals surface area contributed by atoms with E-state index in [0.29, 0.717) is 38.2 Å². The third kappa shape index (κ3) is 6.02. The van der Waals surface area contributed by atoms with Gasteiger partial charge in [0.25, 0.3) is 5.91 Å². The summed E-state index contributed by atoms with van der Waals surface area (Å²) < 4.78 is 27.3. The minimum atomic E-state index is -3.64. The summed E-state index contributed by atoms with van der Waals surface area (Å²) in [5, 5.41) is 5.44. The zero-order valence-electron chi connectivity index (χ0n) is 17.0. The van der Waals surface area contributed by atoms with Crippen molar-refractivity contribution in [3.63, 3.8) is 0 Å². The molecule has 1 saturated heterocycles. The number of benzene rings is 1. The maximum Gasteiger partial charge on any atom is 0.251 e. The van der Waals surface area contributed by atoms with E-state index < -0.39 is 10.0 Å². The molecule has 1 aliphatic heterocycles. The molecule has 0 radical (unpaired) electrons. The molecule has 8 nitrogen and oxygen atoms in total. The van der Waals surface area contributed by atoms with Crippen molar-refractivity contribution < 1.29 is 18.0 Å². The molecular formula is C19H30N4O4S. The van der Waals surface area contributed by atoms with Gasteiger partial charge < -0.3 is 10.6 Å². The average Bonchev–Trinajstić information content (AvgIpc) is 2.85. The van der Waals surface area contributed by atoms with Crippen molar-refractivity contribution in [3.8, 4) is 0 Å². The summed E-state index contributed by atoms with van der Waals surface area (Å²) in [6.07, 6.45) is 0.651. The fraction of sp³-hybridized carbons (Fsp3) is 0.579. The molecule has 2 N–H and O–H groups in total. The molecule has 0 unspecified atom stereocenters. The van der Waals surface area contributed by atoms with Crippen LogP contribution in [0, 0.1) is 0 Å². The normalized spacial score (nSPS) is 17.0. The Morgan fingerprint density at radius 1 is 1.04 bits per heavy atom. The number of sulfonamides is 1. The van der Waals surface area contributed by atoms with E-state index >= 15 is 0 Å². The highest BCUT2D eigenvalue weighted by Gasteiger charge is 2.28. The first-order chi connectivity index (χ1) is 13.0. The van der Waals surface area contributed by atoms with Gasteiger partial charge in [-0.05, 0) is 58.0 Å². The van der Waals surface area contributed by atoms with Gasteiger partial charge >= 0.3 is 0 Å². The van der Waals surface area contributed by atoms with E-state index in [1.54, 1.807) is 0 Å². The molecule has 2 rings (SSSR count). The van der Waals surface area contributed by atoms with Crippen molar-refractivity contribution in [1.82, 2.24) is 19.8 Å². The van der Waals surface area contributed by atoms with Crippen LogP contribution in [0.25, 0.3) is 0 Å². The summed E-state index contributed by atoms with van der Waals surface area (Å²) in [6.45, 7) is 7.92. The second-order valence-corrected chi connectivity index (χ2v) is 9.87. The lowest BCUT2D eigenvalue weighted by atomic mass is 10.1. The smallest absolute Gasteiger partial charge is 0.251 e. The Morgan fingerprint density at radius 2 is 1.68 bits per heavy atom. The van der Waals surface area contributed by atoms with Crippen LogP contribution in [0.4, 0.5) is 0 Å². The van der Waals surface area contributed by atoms with E-state index in [1.165, 1.54) is 35.6 Å². The van der Waals surface area contributed by atoms with Crippen LogP contribution >= 0.6 is 0 Å². The van der Waals surface area contributed by atoms with Crippen LogP contribution in [0.2, 0.25) is 0 Å². The van der Waals surface area contributed by atoms with E-state index in [9.17, 15) is 18.0 Å². The first-order valence-corrected chi connectivity index (χ1v) is 10.8. The molecule has 0 atom stereocenters. The van der Waals surface area contributed by atoms with Gasteiger partial charge in [0.05, 0.1) is 11.4 Å². The molecule has 28 heavy (non-hydrogen) atoms. The van der Waals surface area contributed by atoms with Crippen LogP contribution in [0.3, 0.4) is 0 Å². The third-order valence-electron chi connectivity index (χ3n) is 4.41. The predicted octanol–water partition coefficient (Wildman–Crippen LogP) is 0.657. The molecule has 1 fully saturated rings. The zero-order chi connectivity index (χ0) is 20.9. The summed E-state index contributed by atoms with van der Waals surface area (Å²) in [4.78, 5) is 25.9. The Bertz CT molecular complexity index is 800. The Morgan fingerprint density at radius 3 is 2.25 bits per heavy atom. The molecule has 2 amide bonds. The van der Waals surface area contributed by atoms with Crippen LogP contribution in [0.15, 0.2) is 29.2 Å². The Kier molecular flexibility index (Phi) is 7.19. The highest BCUT2D eigenvalue weighted by molar-refractivity contribution is 7.89. The maximum atomic E-state index is 12.9. The molecule has 1 aromatic carbocycles. The van der Waals surface area contributed by atoms with Gasteiger partial charge in [-0.2, -0.15) is 4.31 Å². The van der Waals surface area contributed by atoms with Crippen LogP contribution in [-0.2, 0) is 14.8 Å². The minimum Gasteiger partial charge on any atom is -0.355 e. The van der Waals surface area contributed by atoms with Crippen LogP contribution in [0.5, 0.6) is 0 Å². The van der Waals surface area contributed by atoms with E-state index in [-0.39, 0.29) is 28.8 Å². The molecule has 0 bridgehead atoms. The van der Waals surface area contributed by atoms with Crippen molar-refractivity contribution in [2.24, 2.45) is 0 Å². The lowest BCUT2D eigenvalue weighted by Gasteiger charge is -2.25. The minimum absolute atomic E-state index is 0.0615. The van der Waals surface area contributed by atoms with Gasteiger partial charge in [0.1, 0.15) is 0 Å². The largest absolute Gasteiger partial charge is 0.355 e. The van der Waals surface area contributed by atoms with Gasteiger partial charge in [0.2, 0.25) is 15.9 Å². The number of carbonyl (C=O) groups excluding carboxylic acids is 2. The van der Waals surface area contributed by atoms with Crippen molar-refractivity contribution in [1.29, 1.82) is 0 Å². The molecule has 0 aliphatic carbocycles. The van der Waals surface area contributed by atoms with Crippen molar-refractivity contribution in [3.05, 3.63) is 29.8 Å². The van der Waals surface area contributed by atoms with Crippen LogP contribution in [-0.4, -0.2) is 74.7 Å². The summed E-state index contributed by atoms with van der Waals surface area (Å²) in [5.74, 6) is -0.323. The van der Waals surface area contributed by atoms with Gasteiger partial charge in [-0.25, -0.2) is 8.42 Å². The molecule has 9 heteroatoms. The molecule has 1 aliphatic rings. The number of amides is 2. The molecule has 1 aromatic rings. The van der Waals surface area contributed by atoms with E-state index in [2.05, 4.69) is 10.6 Å². The first kappa shape index (κ1) is 22.3. The van der Waals surface area contributed by atoms with Crippen molar-refractivity contribution >= 4 is 21.8 Å². The number of hydrogen-bond acceptors (Lipinski definition) is 5. The predicted molar refractivity (Wildman–Crippen MR) is 108 cm³/mol. The average molecular weight is 411 g/mol. The van der Waals surface area contributed by atoms with Gasteiger partial charge in [0, 0.05) is 37.8 Å². The fourth-order valence-corrected chi connectivity index (χ4v) is 4.55. The second kappa shape index (κ2) is 9.02. The Labute approximate surface area is 167 Å². The molecule has 156 valence electrons. The lowest BCUT2D eigenvalue weighted by molar-refractivity contribution is -0.123. The second-order valence-electron chi connectivity index (χ2n) is 7.94. The van der Waals surface area contributed by atoms with E-state index in [0.717, 1.165) is 0 Å². The highest BCUT2D eigenvalue weighted by Crippen LogP contribution is 2.18. The van der Waals surface area contributed by atoms with Gasteiger partial charge in [-0.15, -0.1) is 0 Å². The van der Waals surface area contributed by atoms with Crippen molar-refractivity contribution in [2.45, 2.75) is 37.6 Å². The fourth-order valence-electron chi connectivity index (χ4n) is 3.08. The number of nitrogens with zero attached hydrogens (tertiary/aromatic N) is 2. The van der Waals surface area contributed by atoms with Crippen LogP contribution in [0.1, 0.15) is 37.6 Å². The molecule has 1 heterocycles. The topological polar surface area (TPSA) is 98.8 Å². The summed E-state index contributed by atoms with van der Waals surface area (Å²) in [7, 11) is -2.12. The van der Waals surface area contributed by atoms with E-state index in [1.807, 2.05) is 25.7 Å². The standard InChI is InChI=1S/C19H30N4O4S/c1-19(2,3)21-17(24)14-22-10-5-11-23(13-12-22)28(26,27)16-8-6-15(7-9-16)18(25)20-4/h6-9H,5,10-14H2,1-4H3,(H,20,25)(H,21,24). The quantitative estimate of drug-likeness (QED) is 0.743. The molecule has 0 spiro atoms. The summed E-state index contributed by atoms with van der Waals surface area (Å²) in [6, 6.07) is 5.93. The lowest BCUT2D eigenvalue weighted by Crippen LogP contribution is -2.46. The molecule has 0 saturated carbocycles. The maximum absolute atomic E-state index is 12.9. The number of rotatable bonds is 5. The Balaban J connectivity index is 2.02. The first-order valence-electron chi connectivity index (χ1n) is 9.38. The van der Waals surface area contributed by atoms with Gasteiger partial charge in [0.15, 0.2) is 0 Å². The molecular weight excluding hydrogens is 380 g/mol. The monoisotopic (exact) mass is 410 g/mol. The number of carbonyl (C=O) groups is 2. The molecule has 0 aromatic heterocycles. The summed E-state index contributed by atoms with van der Waals surface area (Å²) in [5.41, 5.74) is 0.118. The SMILES string of the molecule is CNC(=O)c1ccc(S(=O)(=O)N2CCCN(CC(=O)NC(C)(C)C)CC2)cc1. The number of hydrogen-bond donors (Lipinski definition) is 2. The van der Waals surface area contributed by atoms with Gasteiger partial charge in [-0.1, -0.05) is 0 Å². The van der Waals surface area contributed by atoms with Crippen molar-refractivity contribution in [2.75, 3.05) is 39.8 Å². The van der Waals surface area contributed by atoms with E-state index in [4.69, 9.17) is 0 Å². The summed E-state index contributed by atoms with van der Waals surface area (Å²) >= 11 is 0. The van der Waals surface area contributed by atoms with Gasteiger partial charge in [-0.3, -0.25) is 14.5 Å². The highest BCUT2D eigenvalue weighted by atomic mass is 32.2. The Hall–Kier alpha value is -1.97.